The summed E-state index contributed by atoms with van der Waals surface area (Å²) in [5.74, 6) is -1.13. The van der Waals surface area contributed by atoms with Gasteiger partial charge in [0.25, 0.3) is 0 Å². The maximum Gasteiger partial charge on any atom is 0.344 e. The van der Waals surface area contributed by atoms with Crippen LogP contribution in [0.15, 0.2) is 57.6 Å². The number of esters is 1. The van der Waals surface area contributed by atoms with Crippen LogP contribution in [0.3, 0.4) is 0 Å². The summed E-state index contributed by atoms with van der Waals surface area (Å²) >= 11 is 1.04. The largest absolute Gasteiger partial charge is 0.506 e. The summed E-state index contributed by atoms with van der Waals surface area (Å²) in [7, 11) is 2.84. The predicted molar refractivity (Wildman–Crippen MR) is 117 cm³/mol. The number of nitrogens with zero attached hydrogens (tertiary/aromatic N) is 1. The monoisotopic (exact) mass is 445 g/mol. The minimum absolute atomic E-state index is 0.0906. The molecule has 0 atom stereocenters. The lowest BCUT2D eigenvalue weighted by Crippen LogP contribution is -2.12. The van der Waals surface area contributed by atoms with Crippen LogP contribution in [0.5, 0.6) is 17.2 Å². The highest BCUT2D eigenvalue weighted by molar-refractivity contribution is 8.18. The molecular formula is C22H20FNO6S. The molecule has 0 amide bonds. The molecule has 0 unspecified atom stereocenters. The molecule has 3 rings (SSSR count). The van der Waals surface area contributed by atoms with E-state index in [1.54, 1.807) is 19.1 Å². The van der Waals surface area contributed by atoms with Gasteiger partial charge in [0.1, 0.15) is 22.2 Å². The zero-order chi connectivity index (χ0) is 22.5. The zero-order valence-electron chi connectivity index (χ0n) is 17.0. The Bertz CT molecular complexity index is 1090. The van der Waals surface area contributed by atoms with Gasteiger partial charge in [0, 0.05) is 0 Å². The van der Waals surface area contributed by atoms with Crippen molar-refractivity contribution in [2.24, 2.45) is 4.99 Å². The Labute approximate surface area is 182 Å². The van der Waals surface area contributed by atoms with Crippen molar-refractivity contribution in [3.05, 3.63) is 64.0 Å². The standard InChI is InChI=1S/C22H20FNO6S/c1-4-30-22(27)18-19(26)17(31-21(18)24-14-7-5-13(23)6-8-14)11-12-9-15(25)20(29-3)16(10-12)28-2/h5-11,25-26H,4H2,1-3H3. The SMILES string of the molecule is CCOC(=O)C1=C(O)C(=Cc2cc(O)c(OC)c(OC)c2)SC1=Nc1ccc(F)cc1. The minimum Gasteiger partial charge on any atom is -0.506 e. The van der Waals surface area contributed by atoms with Crippen molar-refractivity contribution in [2.45, 2.75) is 6.92 Å². The normalized spacial score (nSPS) is 16.1. The number of aliphatic imine (C=N–C) groups is 1. The summed E-state index contributed by atoms with van der Waals surface area (Å²) < 4.78 is 28.6. The van der Waals surface area contributed by atoms with E-state index in [2.05, 4.69) is 4.99 Å². The van der Waals surface area contributed by atoms with E-state index in [9.17, 15) is 19.4 Å². The van der Waals surface area contributed by atoms with Crippen LogP contribution in [0.25, 0.3) is 6.08 Å². The zero-order valence-corrected chi connectivity index (χ0v) is 17.8. The molecule has 1 aliphatic heterocycles. The fourth-order valence-electron chi connectivity index (χ4n) is 2.82. The highest BCUT2D eigenvalue weighted by atomic mass is 32.2. The minimum atomic E-state index is -0.730. The number of methoxy groups -OCH3 is 2. The lowest BCUT2D eigenvalue weighted by molar-refractivity contribution is -0.138. The first-order valence-corrected chi connectivity index (χ1v) is 9.99. The van der Waals surface area contributed by atoms with Crippen molar-refractivity contribution in [2.75, 3.05) is 20.8 Å². The molecule has 0 spiro atoms. The Kier molecular flexibility index (Phi) is 6.86. The van der Waals surface area contributed by atoms with Crippen molar-refractivity contribution >= 4 is 34.5 Å². The number of rotatable bonds is 6. The summed E-state index contributed by atoms with van der Waals surface area (Å²) in [6.07, 6.45) is 1.56. The van der Waals surface area contributed by atoms with E-state index in [4.69, 9.17) is 14.2 Å². The number of benzene rings is 2. The number of phenols is 1. The average Bonchev–Trinajstić information content (AvgIpc) is 3.04. The molecule has 0 saturated carbocycles. The number of carbonyl (C=O) groups is 1. The van der Waals surface area contributed by atoms with Gasteiger partial charge in [0.15, 0.2) is 11.5 Å². The third-order valence-electron chi connectivity index (χ3n) is 4.21. The van der Waals surface area contributed by atoms with Gasteiger partial charge in [-0.1, -0.05) is 11.8 Å². The number of aliphatic hydroxyl groups is 1. The highest BCUT2D eigenvalue weighted by Crippen LogP contribution is 2.42. The van der Waals surface area contributed by atoms with Crippen LogP contribution in [0.4, 0.5) is 10.1 Å². The van der Waals surface area contributed by atoms with Gasteiger partial charge in [0.2, 0.25) is 5.75 Å². The first-order chi connectivity index (χ1) is 14.9. The number of hydrogen-bond acceptors (Lipinski definition) is 8. The predicted octanol–water partition coefficient (Wildman–Crippen LogP) is 4.74. The molecule has 2 aromatic rings. The number of phenolic OH excluding ortho intramolecular Hbond substituents is 1. The molecule has 1 heterocycles. The number of hydrogen-bond donors (Lipinski definition) is 2. The van der Waals surface area contributed by atoms with E-state index in [0.29, 0.717) is 21.9 Å². The summed E-state index contributed by atoms with van der Waals surface area (Å²) in [6.45, 7) is 1.77. The van der Waals surface area contributed by atoms with Crippen molar-refractivity contribution < 1.29 is 33.6 Å². The lowest BCUT2D eigenvalue weighted by atomic mass is 10.1. The molecule has 31 heavy (non-hydrogen) atoms. The maximum atomic E-state index is 13.2. The second kappa shape index (κ2) is 9.57. The Morgan fingerprint density at radius 3 is 2.48 bits per heavy atom. The van der Waals surface area contributed by atoms with Crippen LogP contribution in [-0.2, 0) is 9.53 Å². The molecule has 7 nitrogen and oxygen atoms in total. The fourth-order valence-corrected chi connectivity index (χ4v) is 3.86. The topological polar surface area (TPSA) is 97.6 Å². The van der Waals surface area contributed by atoms with E-state index >= 15 is 0 Å². The molecule has 2 N–H and O–H groups in total. The van der Waals surface area contributed by atoms with E-state index in [0.717, 1.165) is 11.8 Å². The first kappa shape index (κ1) is 22.2. The number of aromatic hydroxyl groups is 1. The fraction of sp³-hybridized carbons (Fsp3) is 0.182. The van der Waals surface area contributed by atoms with Crippen LogP contribution in [0, 0.1) is 5.82 Å². The number of ether oxygens (including phenoxy) is 3. The highest BCUT2D eigenvalue weighted by Gasteiger charge is 2.33. The second-order valence-corrected chi connectivity index (χ2v) is 7.25. The van der Waals surface area contributed by atoms with Crippen LogP contribution in [0.1, 0.15) is 12.5 Å². The van der Waals surface area contributed by atoms with Gasteiger partial charge in [-0.25, -0.2) is 14.2 Å². The average molecular weight is 445 g/mol. The number of carbonyl (C=O) groups excluding carboxylic acids is 1. The van der Waals surface area contributed by atoms with Crippen molar-refractivity contribution in [3.63, 3.8) is 0 Å². The molecule has 1 aliphatic rings. The van der Waals surface area contributed by atoms with Gasteiger partial charge >= 0.3 is 5.97 Å². The van der Waals surface area contributed by atoms with Gasteiger partial charge < -0.3 is 24.4 Å². The lowest BCUT2D eigenvalue weighted by Gasteiger charge is -2.10. The maximum absolute atomic E-state index is 13.2. The van der Waals surface area contributed by atoms with E-state index < -0.39 is 11.8 Å². The van der Waals surface area contributed by atoms with Gasteiger partial charge in [0.05, 0.1) is 31.4 Å². The summed E-state index contributed by atoms with van der Waals surface area (Å²) in [5.41, 5.74) is 0.811. The van der Waals surface area contributed by atoms with Crippen LogP contribution in [-0.4, -0.2) is 42.1 Å². The van der Waals surface area contributed by atoms with E-state index in [1.165, 1.54) is 44.6 Å². The molecule has 162 valence electrons. The Hall–Kier alpha value is -3.46. The van der Waals surface area contributed by atoms with Crippen molar-refractivity contribution in [1.29, 1.82) is 0 Å². The van der Waals surface area contributed by atoms with Crippen molar-refractivity contribution in [1.82, 2.24) is 0 Å². The Balaban J connectivity index is 2.06. The summed E-state index contributed by atoms with van der Waals surface area (Å²) in [5, 5.41) is 21.1. The third-order valence-corrected chi connectivity index (χ3v) is 5.23. The number of aliphatic hydroxyl groups excluding tert-OH is 1. The van der Waals surface area contributed by atoms with Gasteiger partial charge in [-0.15, -0.1) is 0 Å². The Morgan fingerprint density at radius 1 is 1.16 bits per heavy atom. The van der Waals surface area contributed by atoms with E-state index in [-0.39, 0.29) is 34.5 Å². The Morgan fingerprint density at radius 2 is 1.87 bits per heavy atom. The molecule has 9 heteroatoms. The first-order valence-electron chi connectivity index (χ1n) is 9.17. The van der Waals surface area contributed by atoms with Crippen LogP contribution in [0.2, 0.25) is 0 Å². The molecule has 0 radical (unpaired) electrons. The molecule has 0 bridgehead atoms. The number of thioether (sulfide) groups is 1. The molecule has 2 aromatic carbocycles. The smallest absolute Gasteiger partial charge is 0.344 e. The van der Waals surface area contributed by atoms with E-state index in [1.807, 2.05) is 0 Å². The summed E-state index contributed by atoms with van der Waals surface area (Å²) in [6, 6.07) is 8.44. The van der Waals surface area contributed by atoms with Gasteiger partial charge in [-0.2, -0.15) is 0 Å². The van der Waals surface area contributed by atoms with Gasteiger partial charge in [-0.05, 0) is 55.0 Å². The molecule has 0 aromatic heterocycles. The van der Waals surface area contributed by atoms with Crippen molar-refractivity contribution in [3.8, 4) is 17.2 Å². The molecule has 0 aliphatic carbocycles. The quantitative estimate of drug-likeness (QED) is 0.620. The summed E-state index contributed by atoms with van der Waals surface area (Å²) in [4.78, 5) is 17.1. The van der Waals surface area contributed by atoms with Gasteiger partial charge in [-0.3, -0.25) is 0 Å². The van der Waals surface area contributed by atoms with Crippen LogP contribution < -0.4 is 9.47 Å². The third kappa shape index (κ3) is 4.83. The molecule has 0 fully saturated rings. The molecular weight excluding hydrogens is 425 g/mol. The second-order valence-electron chi connectivity index (χ2n) is 6.22. The number of halogens is 1. The molecule has 0 saturated heterocycles. The van der Waals surface area contributed by atoms with Crippen LogP contribution >= 0.6 is 11.8 Å².